The summed E-state index contributed by atoms with van der Waals surface area (Å²) in [6, 6.07) is 2.91. The predicted octanol–water partition coefficient (Wildman–Crippen LogP) is 1.28. The van der Waals surface area contributed by atoms with Crippen molar-refractivity contribution in [2.75, 3.05) is 13.6 Å². The van der Waals surface area contributed by atoms with E-state index in [2.05, 4.69) is 25.7 Å². The first-order valence-corrected chi connectivity index (χ1v) is 5.87. The SMILES string of the molecule is CN(CCn1cccc(C(=O)O)c1=O)C(C)(C)C. The summed E-state index contributed by atoms with van der Waals surface area (Å²) in [5.74, 6) is -1.18. The lowest BCUT2D eigenvalue weighted by Crippen LogP contribution is -2.41. The molecule has 0 saturated heterocycles. The fraction of sp³-hybridized carbons (Fsp3) is 0.538. The van der Waals surface area contributed by atoms with Crippen LogP contribution in [0.15, 0.2) is 23.1 Å². The maximum atomic E-state index is 11.8. The van der Waals surface area contributed by atoms with E-state index < -0.39 is 11.5 Å². The van der Waals surface area contributed by atoms with Crippen molar-refractivity contribution >= 4 is 5.97 Å². The van der Waals surface area contributed by atoms with Gasteiger partial charge in [-0.15, -0.1) is 0 Å². The Labute approximate surface area is 107 Å². The molecule has 0 aromatic carbocycles. The smallest absolute Gasteiger partial charge is 0.341 e. The molecule has 0 aliphatic heterocycles. The molecule has 5 nitrogen and oxygen atoms in total. The minimum atomic E-state index is -1.18. The Morgan fingerprint density at radius 3 is 2.56 bits per heavy atom. The summed E-state index contributed by atoms with van der Waals surface area (Å²) in [6.45, 7) is 7.43. The third-order valence-corrected chi connectivity index (χ3v) is 3.07. The van der Waals surface area contributed by atoms with E-state index in [1.165, 1.54) is 10.6 Å². The van der Waals surface area contributed by atoms with Gasteiger partial charge in [-0.25, -0.2) is 4.79 Å². The van der Waals surface area contributed by atoms with Crippen molar-refractivity contribution in [2.45, 2.75) is 32.9 Å². The van der Waals surface area contributed by atoms with Crippen molar-refractivity contribution in [1.29, 1.82) is 0 Å². The first-order valence-electron chi connectivity index (χ1n) is 5.87. The van der Waals surface area contributed by atoms with Crippen LogP contribution in [0.25, 0.3) is 0 Å². The number of carboxylic acids is 1. The van der Waals surface area contributed by atoms with Crippen LogP contribution in [-0.4, -0.2) is 39.7 Å². The molecule has 100 valence electrons. The normalized spacial score (nSPS) is 11.8. The minimum absolute atomic E-state index is 0.0218. The predicted molar refractivity (Wildman–Crippen MR) is 70.0 cm³/mol. The van der Waals surface area contributed by atoms with Gasteiger partial charge in [0.2, 0.25) is 0 Å². The van der Waals surface area contributed by atoms with E-state index in [1.807, 2.05) is 7.05 Å². The second-order valence-electron chi connectivity index (χ2n) is 5.32. The molecule has 0 saturated carbocycles. The van der Waals surface area contributed by atoms with Crippen molar-refractivity contribution in [3.05, 3.63) is 34.2 Å². The Bertz CT molecular complexity index is 486. The molecule has 1 rings (SSSR count). The van der Waals surface area contributed by atoms with E-state index in [4.69, 9.17) is 5.11 Å². The molecule has 0 aliphatic rings. The molecule has 0 aliphatic carbocycles. The van der Waals surface area contributed by atoms with Gasteiger partial charge in [-0.3, -0.25) is 9.69 Å². The highest BCUT2D eigenvalue weighted by molar-refractivity contribution is 5.86. The number of pyridine rings is 1. The third-order valence-electron chi connectivity index (χ3n) is 3.07. The van der Waals surface area contributed by atoms with Gasteiger partial charge in [-0.05, 0) is 40.0 Å². The lowest BCUT2D eigenvalue weighted by atomic mass is 10.1. The molecule has 0 amide bonds. The molecule has 1 aromatic rings. The van der Waals surface area contributed by atoms with Crippen LogP contribution in [0.4, 0.5) is 0 Å². The van der Waals surface area contributed by atoms with Crippen LogP contribution in [-0.2, 0) is 6.54 Å². The summed E-state index contributed by atoms with van der Waals surface area (Å²) in [4.78, 5) is 24.8. The van der Waals surface area contributed by atoms with Crippen LogP contribution < -0.4 is 5.56 Å². The molecule has 18 heavy (non-hydrogen) atoms. The monoisotopic (exact) mass is 252 g/mol. The number of rotatable bonds is 4. The van der Waals surface area contributed by atoms with Crippen LogP contribution in [0, 0.1) is 0 Å². The van der Waals surface area contributed by atoms with Crippen molar-refractivity contribution in [2.24, 2.45) is 0 Å². The van der Waals surface area contributed by atoms with E-state index >= 15 is 0 Å². The van der Waals surface area contributed by atoms with Crippen LogP contribution in [0.5, 0.6) is 0 Å². The first kappa shape index (κ1) is 14.4. The van der Waals surface area contributed by atoms with Crippen LogP contribution in [0.1, 0.15) is 31.1 Å². The molecule has 0 spiro atoms. The summed E-state index contributed by atoms with van der Waals surface area (Å²) in [5, 5.41) is 8.87. The zero-order valence-corrected chi connectivity index (χ0v) is 11.3. The van der Waals surface area contributed by atoms with Gasteiger partial charge in [0.15, 0.2) is 0 Å². The zero-order chi connectivity index (χ0) is 13.9. The molecule has 1 aromatic heterocycles. The number of hydrogen-bond acceptors (Lipinski definition) is 3. The summed E-state index contributed by atoms with van der Waals surface area (Å²) >= 11 is 0. The average molecular weight is 252 g/mol. The first-order chi connectivity index (χ1) is 8.23. The molecule has 0 atom stereocenters. The molecular weight excluding hydrogens is 232 g/mol. The number of carbonyl (C=O) groups is 1. The quantitative estimate of drug-likeness (QED) is 0.876. The molecule has 1 N–H and O–H groups in total. The second-order valence-corrected chi connectivity index (χ2v) is 5.32. The van der Waals surface area contributed by atoms with Gasteiger partial charge in [-0.1, -0.05) is 0 Å². The van der Waals surface area contributed by atoms with Gasteiger partial charge < -0.3 is 9.67 Å². The standard InChI is InChI=1S/C13H20N2O3/c1-13(2,3)14(4)8-9-15-7-5-6-10(11(15)16)12(17)18/h5-7H,8-9H2,1-4H3,(H,17,18). The molecule has 0 unspecified atom stereocenters. The summed E-state index contributed by atoms with van der Waals surface area (Å²) in [5.41, 5.74) is -0.614. The number of nitrogens with zero attached hydrogens (tertiary/aromatic N) is 2. The van der Waals surface area contributed by atoms with Gasteiger partial charge in [0.1, 0.15) is 5.56 Å². The Morgan fingerprint density at radius 1 is 1.44 bits per heavy atom. The molecular formula is C13H20N2O3. The Kier molecular flexibility index (Phi) is 4.29. The lowest BCUT2D eigenvalue weighted by molar-refractivity contribution is 0.0694. The van der Waals surface area contributed by atoms with Crippen molar-refractivity contribution < 1.29 is 9.90 Å². The van der Waals surface area contributed by atoms with E-state index in [9.17, 15) is 9.59 Å². The highest BCUT2D eigenvalue weighted by atomic mass is 16.4. The van der Waals surface area contributed by atoms with E-state index in [1.54, 1.807) is 12.3 Å². The van der Waals surface area contributed by atoms with Gasteiger partial charge in [0, 0.05) is 24.8 Å². The topological polar surface area (TPSA) is 62.5 Å². The largest absolute Gasteiger partial charge is 0.477 e. The lowest BCUT2D eigenvalue weighted by Gasteiger charge is -2.31. The molecule has 0 radical (unpaired) electrons. The van der Waals surface area contributed by atoms with Crippen LogP contribution in [0.2, 0.25) is 0 Å². The molecule has 1 heterocycles. The Morgan fingerprint density at radius 2 is 2.06 bits per heavy atom. The van der Waals surface area contributed by atoms with Crippen molar-refractivity contribution in [3.8, 4) is 0 Å². The average Bonchev–Trinajstić information content (AvgIpc) is 2.25. The number of carboxylic acid groups (broad SMARTS) is 1. The fourth-order valence-corrected chi connectivity index (χ4v) is 1.47. The summed E-state index contributed by atoms with van der Waals surface area (Å²) in [7, 11) is 1.98. The number of hydrogen-bond donors (Lipinski definition) is 1. The minimum Gasteiger partial charge on any atom is -0.477 e. The third kappa shape index (κ3) is 3.43. The van der Waals surface area contributed by atoms with E-state index in [0.717, 1.165) is 0 Å². The number of aromatic nitrogens is 1. The number of likely N-dealkylation sites (N-methyl/N-ethyl adjacent to an activating group) is 1. The summed E-state index contributed by atoms with van der Waals surface area (Å²) in [6.07, 6.45) is 1.62. The van der Waals surface area contributed by atoms with Crippen molar-refractivity contribution in [3.63, 3.8) is 0 Å². The van der Waals surface area contributed by atoms with Gasteiger partial charge in [-0.2, -0.15) is 0 Å². The van der Waals surface area contributed by atoms with Gasteiger partial charge in [0.05, 0.1) is 0 Å². The Hall–Kier alpha value is -1.62. The second kappa shape index (κ2) is 5.35. The number of aromatic carboxylic acids is 1. The van der Waals surface area contributed by atoms with Gasteiger partial charge in [0.25, 0.3) is 5.56 Å². The van der Waals surface area contributed by atoms with E-state index in [0.29, 0.717) is 13.1 Å². The maximum Gasteiger partial charge on any atom is 0.341 e. The molecule has 0 fully saturated rings. The molecule has 0 bridgehead atoms. The highest BCUT2D eigenvalue weighted by Gasteiger charge is 2.17. The van der Waals surface area contributed by atoms with E-state index in [-0.39, 0.29) is 11.1 Å². The van der Waals surface area contributed by atoms with Gasteiger partial charge >= 0.3 is 5.97 Å². The fourth-order valence-electron chi connectivity index (χ4n) is 1.47. The maximum absolute atomic E-state index is 11.8. The van der Waals surface area contributed by atoms with Crippen LogP contribution >= 0.6 is 0 Å². The zero-order valence-electron chi connectivity index (χ0n) is 11.3. The highest BCUT2D eigenvalue weighted by Crippen LogP contribution is 2.09. The van der Waals surface area contributed by atoms with Crippen LogP contribution in [0.3, 0.4) is 0 Å². The summed E-state index contributed by atoms with van der Waals surface area (Å²) < 4.78 is 1.44. The van der Waals surface area contributed by atoms with Crippen molar-refractivity contribution in [1.82, 2.24) is 9.47 Å². The Balaban J connectivity index is 2.84. The molecule has 5 heteroatoms.